The van der Waals surface area contributed by atoms with E-state index in [1.54, 1.807) is 42.0 Å². The molecule has 126 valence electrons. The fraction of sp³-hybridized carbons (Fsp3) is 0.235. The van der Waals surface area contributed by atoms with E-state index >= 15 is 0 Å². The lowest BCUT2D eigenvalue weighted by Gasteiger charge is -2.17. The molecule has 0 saturated heterocycles. The number of hydrogen-bond donors (Lipinski definition) is 2. The maximum Gasteiger partial charge on any atom is 0.230 e. The van der Waals surface area contributed by atoms with E-state index in [0.29, 0.717) is 17.3 Å². The van der Waals surface area contributed by atoms with Gasteiger partial charge >= 0.3 is 0 Å². The molecule has 2 rings (SSSR count). The lowest BCUT2D eigenvalue weighted by molar-refractivity contribution is -0.697. The minimum Gasteiger partial charge on any atom is -0.544 e. The molecule has 0 aliphatic carbocycles. The summed E-state index contributed by atoms with van der Waals surface area (Å²) in [6.45, 7) is 2.23. The van der Waals surface area contributed by atoms with Crippen molar-refractivity contribution in [1.82, 2.24) is 4.98 Å². The van der Waals surface area contributed by atoms with E-state index in [2.05, 4.69) is 10.3 Å². The van der Waals surface area contributed by atoms with E-state index in [-0.39, 0.29) is 6.42 Å². The summed E-state index contributed by atoms with van der Waals surface area (Å²) in [7, 11) is 0. The van der Waals surface area contributed by atoms with Gasteiger partial charge in [0.1, 0.15) is 12.6 Å². The van der Waals surface area contributed by atoms with Gasteiger partial charge in [0.25, 0.3) is 0 Å². The number of rotatable bonds is 7. The molecular formula is C17H18ClN3O3. The molecule has 0 spiro atoms. The van der Waals surface area contributed by atoms with Crippen LogP contribution in [-0.2, 0) is 16.1 Å². The van der Waals surface area contributed by atoms with Crippen molar-refractivity contribution in [1.29, 1.82) is 0 Å². The summed E-state index contributed by atoms with van der Waals surface area (Å²) < 4.78 is 0. The van der Waals surface area contributed by atoms with Crippen LogP contribution in [0, 0.1) is 6.92 Å². The largest absolute Gasteiger partial charge is 0.544 e. The first-order valence-corrected chi connectivity index (χ1v) is 7.82. The van der Waals surface area contributed by atoms with E-state index in [9.17, 15) is 14.7 Å². The zero-order chi connectivity index (χ0) is 17.5. The Kier molecular flexibility index (Phi) is 6.28. The van der Waals surface area contributed by atoms with Gasteiger partial charge in [0, 0.05) is 28.7 Å². The van der Waals surface area contributed by atoms with Gasteiger partial charge in [0.2, 0.25) is 5.91 Å². The Morgan fingerprint density at radius 2 is 2.17 bits per heavy atom. The van der Waals surface area contributed by atoms with Gasteiger partial charge in [-0.3, -0.25) is 9.78 Å². The zero-order valence-corrected chi connectivity index (χ0v) is 13.9. The van der Waals surface area contributed by atoms with Gasteiger partial charge in [-0.2, -0.15) is 0 Å². The number of carboxylic acids is 1. The van der Waals surface area contributed by atoms with E-state index in [1.165, 1.54) is 0 Å². The number of carboxylic acid groups (broad SMARTS) is 1. The first-order chi connectivity index (χ1) is 11.5. The number of aromatic nitrogens is 1. The zero-order valence-electron chi connectivity index (χ0n) is 13.2. The van der Waals surface area contributed by atoms with Crippen LogP contribution in [0.15, 0.2) is 42.7 Å². The van der Waals surface area contributed by atoms with Crippen LogP contribution in [0.25, 0.3) is 0 Å². The SMILES string of the molecule is Cc1ccc(Cl)cc1NC(=O)C[C@H]([NH2+]Cc1cccnc1)C(=O)[O-]. The number of aliphatic carboxylic acids is 1. The van der Waals surface area contributed by atoms with Gasteiger partial charge in [0.05, 0.1) is 12.4 Å². The molecule has 7 heteroatoms. The van der Waals surface area contributed by atoms with Gasteiger partial charge in [-0.1, -0.05) is 23.7 Å². The van der Waals surface area contributed by atoms with Crippen molar-refractivity contribution in [2.75, 3.05) is 5.32 Å². The Bertz CT molecular complexity index is 722. The molecule has 0 aliphatic heterocycles. The number of amides is 1. The fourth-order valence-corrected chi connectivity index (χ4v) is 2.36. The second-order valence-corrected chi connectivity index (χ2v) is 5.87. The van der Waals surface area contributed by atoms with Crippen molar-refractivity contribution < 1.29 is 20.0 Å². The molecule has 1 aromatic heterocycles. The summed E-state index contributed by atoms with van der Waals surface area (Å²) in [4.78, 5) is 27.4. The molecule has 3 N–H and O–H groups in total. The smallest absolute Gasteiger partial charge is 0.230 e. The Hall–Kier alpha value is -2.44. The third-order valence-corrected chi connectivity index (χ3v) is 3.78. The summed E-state index contributed by atoms with van der Waals surface area (Å²) in [6.07, 6.45) is 3.09. The van der Waals surface area contributed by atoms with Gasteiger partial charge < -0.3 is 20.5 Å². The van der Waals surface area contributed by atoms with E-state index < -0.39 is 17.9 Å². The van der Waals surface area contributed by atoms with Crippen molar-refractivity contribution in [3.05, 3.63) is 58.9 Å². The fourth-order valence-electron chi connectivity index (χ4n) is 2.19. The molecule has 0 aliphatic rings. The number of nitrogens with one attached hydrogen (secondary N) is 1. The predicted molar refractivity (Wildman–Crippen MR) is 88.1 cm³/mol. The lowest BCUT2D eigenvalue weighted by Crippen LogP contribution is -2.92. The molecule has 0 unspecified atom stereocenters. The summed E-state index contributed by atoms with van der Waals surface area (Å²) in [5.74, 6) is -1.69. The third kappa shape index (κ3) is 5.33. The number of nitrogens with zero attached hydrogens (tertiary/aromatic N) is 1. The van der Waals surface area contributed by atoms with E-state index in [4.69, 9.17) is 11.6 Å². The molecule has 0 radical (unpaired) electrons. The normalized spacial score (nSPS) is 11.8. The van der Waals surface area contributed by atoms with E-state index in [0.717, 1.165) is 11.1 Å². The van der Waals surface area contributed by atoms with Crippen LogP contribution >= 0.6 is 11.6 Å². The Morgan fingerprint density at radius 3 is 2.83 bits per heavy atom. The van der Waals surface area contributed by atoms with Gasteiger partial charge in [-0.15, -0.1) is 0 Å². The van der Waals surface area contributed by atoms with Gasteiger partial charge in [0.15, 0.2) is 0 Å². The highest BCUT2D eigenvalue weighted by molar-refractivity contribution is 6.31. The van der Waals surface area contributed by atoms with Crippen LogP contribution in [0.4, 0.5) is 5.69 Å². The first kappa shape index (κ1) is 17.9. The standard InChI is InChI=1S/C17H18ClN3O3/c1-11-4-5-13(18)7-14(11)21-16(22)8-15(17(23)24)20-10-12-3-2-6-19-9-12/h2-7,9,15,20H,8,10H2,1H3,(H,21,22)(H,23,24)/t15-/m0/s1. The Labute approximate surface area is 144 Å². The van der Waals surface area contributed by atoms with Crippen molar-refractivity contribution >= 4 is 29.2 Å². The van der Waals surface area contributed by atoms with Gasteiger partial charge in [-0.25, -0.2) is 0 Å². The summed E-state index contributed by atoms with van der Waals surface area (Å²) in [5.41, 5.74) is 2.28. The van der Waals surface area contributed by atoms with Crippen molar-refractivity contribution in [2.24, 2.45) is 0 Å². The Morgan fingerprint density at radius 1 is 1.38 bits per heavy atom. The number of aryl methyl sites for hydroxylation is 1. The number of anilines is 1. The second kappa shape index (κ2) is 8.42. The molecule has 6 nitrogen and oxygen atoms in total. The van der Waals surface area contributed by atoms with Crippen LogP contribution in [-0.4, -0.2) is 22.9 Å². The number of carbonyl (C=O) groups is 2. The van der Waals surface area contributed by atoms with Crippen LogP contribution < -0.4 is 15.7 Å². The molecule has 0 bridgehead atoms. The monoisotopic (exact) mass is 347 g/mol. The summed E-state index contributed by atoms with van der Waals surface area (Å²) >= 11 is 5.91. The van der Waals surface area contributed by atoms with Gasteiger partial charge in [-0.05, 0) is 30.7 Å². The van der Waals surface area contributed by atoms with Crippen molar-refractivity contribution in [3.63, 3.8) is 0 Å². The predicted octanol–water partition coefficient (Wildman–Crippen LogP) is 0.254. The molecule has 24 heavy (non-hydrogen) atoms. The number of nitrogens with two attached hydrogens (primary N) is 1. The average Bonchev–Trinajstić information content (AvgIpc) is 2.55. The summed E-state index contributed by atoms with van der Waals surface area (Å²) in [5, 5.41) is 16.0. The quantitative estimate of drug-likeness (QED) is 0.750. The number of benzene rings is 1. The highest BCUT2D eigenvalue weighted by atomic mass is 35.5. The van der Waals surface area contributed by atoms with Crippen LogP contribution in [0.3, 0.4) is 0 Å². The molecule has 0 fully saturated rings. The van der Waals surface area contributed by atoms with E-state index in [1.807, 2.05) is 13.0 Å². The van der Waals surface area contributed by atoms with Crippen molar-refractivity contribution in [2.45, 2.75) is 25.9 Å². The minimum atomic E-state index is -1.28. The number of hydrogen-bond acceptors (Lipinski definition) is 4. The van der Waals surface area contributed by atoms with Crippen LogP contribution in [0.2, 0.25) is 5.02 Å². The Balaban J connectivity index is 1.95. The number of pyridine rings is 1. The molecule has 1 atom stereocenters. The lowest BCUT2D eigenvalue weighted by atomic mass is 10.1. The van der Waals surface area contributed by atoms with Crippen molar-refractivity contribution in [3.8, 4) is 0 Å². The minimum absolute atomic E-state index is 0.200. The topological polar surface area (TPSA) is 98.7 Å². The molecule has 0 saturated carbocycles. The first-order valence-electron chi connectivity index (χ1n) is 7.45. The second-order valence-electron chi connectivity index (χ2n) is 5.44. The maximum atomic E-state index is 12.1. The molecule has 2 aromatic rings. The number of halogens is 1. The third-order valence-electron chi connectivity index (χ3n) is 3.54. The number of quaternary nitrogens is 1. The molecular weight excluding hydrogens is 330 g/mol. The van der Waals surface area contributed by atoms with Crippen LogP contribution in [0.5, 0.6) is 0 Å². The average molecular weight is 348 g/mol. The molecule has 1 amide bonds. The highest BCUT2D eigenvalue weighted by Gasteiger charge is 2.19. The highest BCUT2D eigenvalue weighted by Crippen LogP contribution is 2.20. The maximum absolute atomic E-state index is 12.1. The summed E-state index contributed by atoms with van der Waals surface area (Å²) in [6, 6.07) is 7.75. The number of carbonyl (C=O) groups excluding carboxylic acids is 2. The molecule has 1 aromatic carbocycles. The molecule has 1 heterocycles. The van der Waals surface area contributed by atoms with Crippen LogP contribution in [0.1, 0.15) is 17.5 Å².